The molecule has 158 valence electrons. The van der Waals surface area contributed by atoms with E-state index in [0.29, 0.717) is 21.7 Å². The topological polar surface area (TPSA) is 65.4 Å². The van der Waals surface area contributed by atoms with Crippen LogP contribution in [0.25, 0.3) is 5.69 Å². The molecule has 0 aliphatic rings. The number of methoxy groups -OCH3 is 2. The lowest BCUT2D eigenvalue weighted by Crippen LogP contribution is -2.26. The molecule has 0 unspecified atom stereocenters. The molecule has 2 aromatic carbocycles. The molecule has 0 saturated heterocycles. The average Bonchev–Trinajstić information content (AvgIpc) is 3.17. The number of hydrogen-bond donors (Lipinski definition) is 1. The van der Waals surface area contributed by atoms with E-state index in [-0.39, 0.29) is 17.3 Å². The number of nitrogens with zero attached hydrogens (tertiary/aromatic N) is 2. The van der Waals surface area contributed by atoms with E-state index in [9.17, 15) is 18.0 Å². The van der Waals surface area contributed by atoms with Crippen LogP contribution in [0, 0.1) is 0 Å². The Bertz CT molecular complexity index is 1040. The molecule has 6 nitrogen and oxygen atoms in total. The highest BCUT2D eigenvalue weighted by Crippen LogP contribution is 2.34. The molecule has 0 fully saturated rings. The van der Waals surface area contributed by atoms with Gasteiger partial charge in [0.25, 0.3) is 5.91 Å². The van der Waals surface area contributed by atoms with Gasteiger partial charge >= 0.3 is 6.18 Å². The monoisotopic (exact) mass is 439 g/mol. The molecule has 3 aromatic rings. The summed E-state index contributed by atoms with van der Waals surface area (Å²) in [6.07, 6.45) is -3.93. The molecule has 0 saturated carbocycles. The van der Waals surface area contributed by atoms with Crippen LogP contribution >= 0.6 is 11.6 Å². The van der Waals surface area contributed by atoms with Crippen molar-refractivity contribution in [1.29, 1.82) is 0 Å². The van der Waals surface area contributed by atoms with Gasteiger partial charge in [-0.1, -0.05) is 17.7 Å². The lowest BCUT2D eigenvalue weighted by atomic mass is 10.1. The minimum Gasteiger partial charge on any atom is -0.497 e. The van der Waals surface area contributed by atoms with Crippen molar-refractivity contribution in [2.45, 2.75) is 12.7 Å². The Morgan fingerprint density at radius 1 is 1.13 bits per heavy atom. The molecular formula is C20H17ClF3N3O3. The van der Waals surface area contributed by atoms with Gasteiger partial charge in [-0.2, -0.15) is 18.3 Å². The van der Waals surface area contributed by atoms with Crippen LogP contribution in [0.3, 0.4) is 0 Å². The van der Waals surface area contributed by atoms with Gasteiger partial charge in [-0.15, -0.1) is 0 Å². The third kappa shape index (κ3) is 4.68. The molecule has 1 heterocycles. The number of nitrogens with one attached hydrogen (secondary N) is 1. The molecule has 1 N–H and O–H groups in total. The fourth-order valence-corrected chi connectivity index (χ4v) is 3.02. The van der Waals surface area contributed by atoms with Crippen molar-refractivity contribution in [2.75, 3.05) is 14.2 Å². The summed E-state index contributed by atoms with van der Waals surface area (Å²) in [7, 11) is 2.94. The first kappa shape index (κ1) is 21.5. The van der Waals surface area contributed by atoms with Crippen molar-refractivity contribution < 1.29 is 27.4 Å². The summed E-state index contributed by atoms with van der Waals surface area (Å²) in [4.78, 5) is 12.6. The Balaban J connectivity index is 1.90. The first-order valence-electron chi connectivity index (χ1n) is 8.64. The van der Waals surface area contributed by atoms with Gasteiger partial charge in [-0.3, -0.25) is 4.79 Å². The lowest BCUT2D eigenvalue weighted by molar-refractivity contribution is -0.143. The number of alkyl halides is 3. The molecule has 10 heteroatoms. The predicted molar refractivity (Wildman–Crippen MR) is 104 cm³/mol. The largest absolute Gasteiger partial charge is 0.497 e. The Hall–Kier alpha value is -3.20. The number of hydrogen-bond acceptors (Lipinski definition) is 4. The zero-order chi connectivity index (χ0) is 21.9. The van der Waals surface area contributed by atoms with Crippen LogP contribution in [-0.4, -0.2) is 29.9 Å². The molecule has 0 atom stereocenters. The van der Waals surface area contributed by atoms with Crippen molar-refractivity contribution in [2.24, 2.45) is 0 Å². The maximum Gasteiger partial charge on any atom is 0.434 e. The summed E-state index contributed by atoms with van der Waals surface area (Å²) < 4.78 is 52.2. The van der Waals surface area contributed by atoms with E-state index in [4.69, 9.17) is 21.1 Å². The molecule has 1 amide bonds. The summed E-state index contributed by atoms with van der Waals surface area (Å²) in [6.45, 7) is -0.0357. The SMILES string of the molecule is COc1cc(CNC(=O)c2cnn(-c3cccc(Cl)c3)c2C(F)(F)F)cc(OC)c1. The van der Waals surface area contributed by atoms with Gasteiger partial charge in [-0.25, -0.2) is 4.68 Å². The normalized spacial score (nSPS) is 11.3. The van der Waals surface area contributed by atoms with Gasteiger partial charge in [0.15, 0.2) is 5.69 Å². The van der Waals surface area contributed by atoms with E-state index in [0.717, 1.165) is 6.20 Å². The minimum absolute atomic E-state index is 0.0357. The number of ether oxygens (including phenoxy) is 2. The standard InChI is InChI=1S/C20H17ClF3N3O3/c1-29-15-6-12(7-16(9-15)30-2)10-25-19(28)17-11-26-27(18(17)20(22,23)24)14-5-3-4-13(21)8-14/h3-9,11H,10H2,1-2H3,(H,25,28). The molecule has 0 aliphatic carbocycles. The van der Waals surface area contributed by atoms with Gasteiger partial charge in [0.1, 0.15) is 11.5 Å². The van der Waals surface area contributed by atoms with Crippen molar-refractivity contribution in [1.82, 2.24) is 15.1 Å². The third-order valence-electron chi connectivity index (χ3n) is 4.20. The van der Waals surface area contributed by atoms with E-state index in [2.05, 4.69) is 10.4 Å². The molecule has 1 aromatic heterocycles. The fraction of sp³-hybridized carbons (Fsp3) is 0.200. The second-order valence-electron chi connectivity index (χ2n) is 6.20. The van der Waals surface area contributed by atoms with Crippen LogP contribution in [0.4, 0.5) is 13.2 Å². The Morgan fingerprint density at radius 3 is 2.37 bits per heavy atom. The Morgan fingerprint density at radius 2 is 1.80 bits per heavy atom. The number of aromatic nitrogens is 2. The van der Waals surface area contributed by atoms with Gasteiger partial charge < -0.3 is 14.8 Å². The highest BCUT2D eigenvalue weighted by molar-refractivity contribution is 6.30. The lowest BCUT2D eigenvalue weighted by Gasteiger charge is -2.13. The van der Waals surface area contributed by atoms with Gasteiger partial charge in [-0.05, 0) is 35.9 Å². The van der Waals surface area contributed by atoms with Crippen LogP contribution in [0.2, 0.25) is 5.02 Å². The number of halogens is 4. The molecule has 0 aliphatic heterocycles. The number of benzene rings is 2. The zero-order valence-electron chi connectivity index (χ0n) is 16.0. The second-order valence-corrected chi connectivity index (χ2v) is 6.64. The molecule has 0 bridgehead atoms. The maximum atomic E-state index is 13.7. The molecule has 3 rings (SSSR count). The first-order chi connectivity index (χ1) is 14.2. The quantitative estimate of drug-likeness (QED) is 0.614. The smallest absolute Gasteiger partial charge is 0.434 e. The summed E-state index contributed by atoms with van der Waals surface area (Å²) in [6, 6.07) is 10.7. The molecule has 0 spiro atoms. The molecule has 30 heavy (non-hydrogen) atoms. The average molecular weight is 440 g/mol. The predicted octanol–water partition coefficient (Wildman–Crippen LogP) is 4.49. The van der Waals surface area contributed by atoms with Gasteiger partial charge in [0.2, 0.25) is 0 Å². The van der Waals surface area contributed by atoms with E-state index in [1.54, 1.807) is 18.2 Å². The van der Waals surface area contributed by atoms with Crippen molar-refractivity contribution in [3.8, 4) is 17.2 Å². The number of rotatable bonds is 6. The van der Waals surface area contributed by atoms with Crippen LogP contribution in [-0.2, 0) is 12.7 Å². The van der Waals surface area contributed by atoms with E-state index in [1.165, 1.54) is 38.5 Å². The summed E-state index contributed by atoms with van der Waals surface area (Å²) in [5, 5.41) is 6.48. The highest BCUT2D eigenvalue weighted by Gasteiger charge is 2.40. The summed E-state index contributed by atoms with van der Waals surface area (Å²) in [5.41, 5.74) is -1.11. The molecular weight excluding hydrogens is 423 g/mol. The van der Waals surface area contributed by atoms with Gasteiger partial charge in [0.05, 0.1) is 31.7 Å². The maximum absolute atomic E-state index is 13.7. The van der Waals surface area contributed by atoms with Crippen molar-refractivity contribution in [3.05, 3.63) is 70.5 Å². The third-order valence-corrected chi connectivity index (χ3v) is 4.43. The van der Waals surface area contributed by atoms with Gasteiger partial charge in [0, 0.05) is 17.6 Å². The number of carbonyl (C=O) groups is 1. The number of carbonyl (C=O) groups excluding carboxylic acids is 1. The van der Waals surface area contributed by atoms with E-state index >= 15 is 0 Å². The Labute approximate surface area is 175 Å². The van der Waals surface area contributed by atoms with Crippen LogP contribution < -0.4 is 14.8 Å². The first-order valence-corrected chi connectivity index (χ1v) is 9.02. The van der Waals surface area contributed by atoms with E-state index in [1.807, 2.05) is 0 Å². The number of amides is 1. The second kappa shape index (κ2) is 8.66. The zero-order valence-corrected chi connectivity index (χ0v) is 16.7. The van der Waals surface area contributed by atoms with Crippen LogP contribution in [0.5, 0.6) is 11.5 Å². The van der Waals surface area contributed by atoms with Crippen LogP contribution in [0.15, 0.2) is 48.7 Å². The van der Waals surface area contributed by atoms with Crippen molar-refractivity contribution >= 4 is 17.5 Å². The summed E-state index contributed by atoms with van der Waals surface area (Å²) in [5.74, 6) is 0.0594. The van der Waals surface area contributed by atoms with Crippen LogP contribution in [0.1, 0.15) is 21.6 Å². The molecule has 0 radical (unpaired) electrons. The van der Waals surface area contributed by atoms with E-state index < -0.39 is 23.3 Å². The Kier molecular flexibility index (Phi) is 6.21. The highest BCUT2D eigenvalue weighted by atomic mass is 35.5. The fourth-order valence-electron chi connectivity index (χ4n) is 2.84. The van der Waals surface area contributed by atoms with Crippen molar-refractivity contribution in [3.63, 3.8) is 0 Å². The summed E-state index contributed by atoms with van der Waals surface area (Å²) >= 11 is 5.88. The minimum atomic E-state index is -4.81.